The van der Waals surface area contributed by atoms with E-state index in [0.29, 0.717) is 0 Å². The maximum atomic E-state index is 12.1. The Labute approximate surface area is 112 Å². The zero-order valence-corrected chi connectivity index (χ0v) is 11.6. The fourth-order valence-corrected chi connectivity index (χ4v) is 3.37. The quantitative estimate of drug-likeness (QED) is 0.766. The lowest BCUT2D eigenvalue weighted by Gasteiger charge is -2.13. The van der Waals surface area contributed by atoms with Crippen molar-refractivity contribution in [3.63, 3.8) is 0 Å². The molecule has 0 atom stereocenters. The van der Waals surface area contributed by atoms with Crippen LogP contribution < -0.4 is 9.47 Å². The number of nitrogens with zero attached hydrogens (tertiary/aromatic N) is 1. The highest BCUT2D eigenvalue weighted by Crippen LogP contribution is 2.39. The van der Waals surface area contributed by atoms with Crippen molar-refractivity contribution < 1.29 is 31.1 Å². The van der Waals surface area contributed by atoms with Crippen molar-refractivity contribution >= 4 is 35.7 Å². The Morgan fingerprint density at radius 2 is 2.00 bits per heavy atom. The van der Waals surface area contributed by atoms with Gasteiger partial charge in [0.15, 0.2) is 10.6 Å². The number of alkyl halides is 3. The summed E-state index contributed by atoms with van der Waals surface area (Å²) >= 11 is 2.76. The molecule has 1 aromatic heterocycles. The van der Waals surface area contributed by atoms with Crippen LogP contribution in [0.15, 0.2) is 15.6 Å². The molecule has 0 amide bonds. The summed E-state index contributed by atoms with van der Waals surface area (Å²) in [5.41, 5.74) is 0. The molecule has 0 spiro atoms. The minimum Gasteiger partial charge on any atom is -0.494 e. The molecule has 1 rings (SSSR count). The number of hydrogen-bond acceptors (Lipinski definition) is 5. The van der Waals surface area contributed by atoms with Crippen LogP contribution in [0.2, 0.25) is 0 Å². The van der Waals surface area contributed by atoms with Crippen LogP contribution in [0.5, 0.6) is 11.6 Å². The highest BCUT2D eigenvalue weighted by molar-refractivity contribution is 9.10. The third kappa shape index (κ3) is 3.62. The molecule has 1 aromatic rings. The van der Waals surface area contributed by atoms with E-state index < -0.39 is 26.2 Å². The van der Waals surface area contributed by atoms with Crippen LogP contribution in [0.1, 0.15) is 0 Å². The average Bonchev–Trinajstić information content (AvgIpc) is 2.13. The number of rotatable bonds is 3. The number of pyridine rings is 1. The lowest BCUT2D eigenvalue weighted by atomic mass is 10.4. The van der Waals surface area contributed by atoms with Crippen LogP contribution in [-0.4, -0.2) is 26.9 Å². The molecule has 0 radical (unpaired) electrons. The van der Waals surface area contributed by atoms with Gasteiger partial charge in [0.25, 0.3) is 9.05 Å². The van der Waals surface area contributed by atoms with E-state index in [1.165, 1.54) is 7.11 Å². The number of hydrogen-bond donors (Lipinski definition) is 0. The number of halogens is 5. The third-order valence-electron chi connectivity index (χ3n) is 1.59. The van der Waals surface area contributed by atoms with Crippen LogP contribution >= 0.6 is 26.6 Å². The van der Waals surface area contributed by atoms with E-state index in [0.717, 1.165) is 6.20 Å². The molecule has 102 valence electrons. The van der Waals surface area contributed by atoms with Crippen LogP contribution in [0.25, 0.3) is 0 Å². The normalized spacial score (nSPS) is 12.3. The van der Waals surface area contributed by atoms with E-state index in [2.05, 4.69) is 25.7 Å². The molecular formula is C7H4BrClF3NO4S. The van der Waals surface area contributed by atoms with Gasteiger partial charge in [0.2, 0.25) is 5.88 Å². The minimum absolute atomic E-state index is 0.108. The molecule has 0 saturated heterocycles. The van der Waals surface area contributed by atoms with Crippen LogP contribution in [0.4, 0.5) is 13.2 Å². The van der Waals surface area contributed by atoms with Gasteiger partial charge >= 0.3 is 6.36 Å². The Morgan fingerprint density at radius 3 is 2.39 bits per heavy atom. The molecule has 18 heavy (non-hydrogen) atoms. The molecule has 0 bridgehead atoms. The maximum absolute atomic E-state index is 12.1. The first kappa shape index (κ1) is 15.3. The zero-order valence-electron chi connectivity index (χ0n) is 8.46. The largest absolute Gasteiger partial charge is 0.574 e. The Morgan fingerprint density at radius 1 is 1.44 bits per heavy atom. The number of aromatic nitrogens is 1. The van der Waals surface area contributed by atoms with Crippen molar-refractivity contribution in [2.75, 3.05) is 7.11 Å². The molecule has 0 unspecified atom stereocenters. The summed E-state index contributed by atoms with van der Waals surface area (Å²) in [6.07, 6.45) is -4.24. The topological polar surface area (TPSA) is 65.5 Å². The van der Waals surface area contributed by atoms with Crippen molar-refractivity contribution in [1.82, 2.24) is 4.98 Å². The van der Waals surface area contributed by atoms with Crippen molar-refractivity contribution in [2.24, 2.45) is 0 Å². The second kappa shape index (κ2) is 5.10. The van der Waals surface area contributed by atoms with E-state index in [-0.39, 0.29) is 10.2 Å². The highest BCUT2D eigenvalue weighted by Gasteiger charge is 2.36. The fraction of sp³-hybridized carbons (Fsp3) is 0.286. The summed E-state index contributed by atoms with van der Waals surface area (Å²) in [5, 5.41) is 0. The van der Waals surface area contributed by atoms with Gasteiger partial charge in [-0.15, -0.1) is 13.2 Å². The van der Waals surface area contributed by atoms with E-state index in [4.69, 9.17) is 15.4 Å². The van der Waals surface area contributed by atoms with Crippen molar-refractivity contribution in [2.45, 2.75) is 11.3 Å². The second-order valence-corrected chi connectivity index (χ2v) is 6.06. The van der Waals surface area contributed by atoms with Crippen molar-refractivity contribution in [3.05, 3.63) is 10.7 Å². The molecule has 0 aliphatic rings. The third-order valence-corrected chi connectivity index (χ3v) is 3.96. The predicted molar refractivity (Wildman–Crippen MR) is 58.2 cm³/mol. The first-order valence-electron chi connectivity index (χ1n) is 3.99. The maximum Gasteiger partial charge on any atom is 0.574 e. The number of methoxy groups -OCH3 is 1. The Hall–Kier alpha value is -0.740. The summed E-state index contributed by atoms with van der Waals surface area (Å²) in [7, 11) is 1.69. The molecule has 0 saturated carbocycles. The smallest absolute Gasteiger partial charge is 0.494 e. The van der Waals surface area contributed by atoms with Crippen LogP contribution in [0.3, 0.4) is 0 Å². The minimum atomic E-state index is -5.10. The van der Waals surface area contributed by atoms with Crippen LogP contribution in [-0.2, 0) is 9.05 Å². The van der Waals surface area contributed by atoms with E-state index in [9.17, 15) is 21.6 Å². The first-order chi connectivity index (χ1) is 8.06. The summed E-state index contributed by atoms with van der Waals surface area (Å²) < 4.78 is 66.5. The second-order valence-electron chi connectivity index (χ2n) is 2.76. The highest BCUT2D eigenvalue weighted by atomic mass is 79.9. The van der Waals surface area contributed by atoms with Gasteiger partial charge in [-0.3, -0.25) is 0 Å². The summed E-state index contributed by atoms with van der Waals surface area (Å²) in [6, 6.07) is 0. The Balaban J connectivity index is 3.50. The average molecular weight is 371 g/mol. The molecule has 0 aliphatic heterocycles. The van der Waals surface area contributed by atoms with Gasteiger partial charge in [-0.2, -0.15) is 0 Å². The molecule has 1 heterocycles. The molecule has 0 N–H and O–H groups in total. The lowest BCUT2D eigenvalue weighted by molar-refractivity contribution is -0.277. The van der Waals surface area contributed by atoms with Gasteiger partial charge in [0, 0.05) is 10.7 Å². The van der Waals surface area contributed by atoms with E-state index >= 15 is 0 Å². The van der Waals surface area contributed by atoms with Crippen molar-refractivity contribution in [3.8, 4) is 11.6 Å². The van der Waals surface area contributed by atoms with E-state index in [1.54, 1.807) is 0 Å². The molecule has 0 aromatic carbocycles. The first-order valence-corrected chi connectivity index (χ1v) is 7.09. The van der Waals surface area contributed by atoms with Gasteiger partial charge in [0.1, 0.15) is 0 Å². The summed E-state index contributed by atoms with van der Waals surface area (Å²) in [5.74, 6) is -1.30. The Bertz CT molecular complexity index is 563. The molecule has 5 nitrogen and oxygen atoms in total. The zero-order chi connectivity index (χ0) is 14.1. The van der Waals surface area contributed by atoms with Gasteiger partial charge in [-0.25, -0.2) is 13.4 Å². The molecular weight excluding hydrogens is 366 g/mol. The summed E-state index contributed by atoms with van der Waals surface area (Å²) in [4.78, 5) is 2.24. The molecule has 11 heteroatoms. The Kier molecular flexibility index (Phi) is 4.34. The monoisotopic (exact) mass is 369 g/mol. The van der Waals surface area contributed by atoms with Crippen molar-refractivity contribution in [1.29, 1.82) is 0 Å². The van der Waals surface area contributed by atoms with Gasteiger partial charge in [-0.05, 0) is 15.9 Å². The van der Waals surface area contributed by atoms with Gasteiger partial charge < -0.3 is 9.47 Å². The standard InChI is InChI=1S/C7H4BrClF3NO4S/c1-16-3-2-13-6(17-7(10,11)12)5(4(3)8)18(9,14)15/h2H,1H3. The lowest BCUT2D eigenvalue weighted by Crippen LogP contribution is -2.19. The fourth-order valence-electron chi connectivity index (χ4n) is 0.974. The summed E-state index contributed by atoms with van der Waals surface area (Å²) in [6.45, 7) is 0. The number of ether oxygens (including phenoxy) is 2. The molecule has 0 aliphatic carbocycles. The predicted octanol–water partition coefficient (Wildman–Crippen LogP) is 2.68. The van der Waals surface area contributed by atoms with E-state index in [1.807, 2.05) is 0 Å². The molecule has 0 fully saturated rings. The van der Waals surface area contributed by atoms with Crippen LogP contribution in [0, 0.1) is 0 Å². The van der Waals surface area contributed by atoms with Gasteiger partial charge in [-0.1, -0.05) is 0 Å². The van der Waals surface area contributed by atoms with Gasteiger partial charge in [0.05, 0.1) is 17.8 Å². The SMILES string of the molecule is COc1cnc(OC(F)(F)F)c(S(=O)(=O)Cl)c1Br.